The first-order valence-electron chi connectivity index (χ1n) is 19.2. The van der Waals surface area contributed by atoms with E-state index >= 15 is 0 Å². The first-order chi connectivity index (χ1) is 26.0. The van der Waals surface area contributed by atoms with Crippen molar-refractivity contribution in [2.75, 3.05) is 13.2 Å². The van der Waals surface area contributed by atoms with E-state index < -0.39 is 75.3 Å². The number of rotatable bonds is 9. The largest absolute Gasteiger partial charge is 0.519 e. The van der Waals surface area contributed by atoms with E-state index in [0.717, 1.165) is 4.90 Å². The Morgan fingerprint density at radius 1 is 0.552 bits per heavy atom. The molecule has 16 nitrogen and oxygen atoms in total. The van der Waals surface area contributed by atoms with E-state index in [4.69, 9.17) is 33.2 Å². The van der Waals surface area contributed by atoms with Crippen LogP contribution in [0.4, 0.5) is 19.2 Å². The minimum atomic E-state index is -1.47. The summed E-state index contributed by atoms with van der Waals surface area (Å²) in [5.74, 6) is -1.74. The number of carbonyl (C=O) groups excluding carboxylic acids is 7. The molecule has 2 saturated carbocycles. The lowest BCUT2D eigenvalue weighted by Crippen LogP contribution is -2.55. The van der Waals surface area contributed by atoms with Crippen molar-refractivity contribution in [2.24, 2.45) is 17.3 Å². The van der Waals surface area contributed by atoms with E-state index in [1.807, 2.05) is 0 Å². The maximum atomic E-state index is 12.7. The van der Waals surface area contributed by atoms with Gasteiger partial charge in [-0.15, -0.1) is 13.2 Å². The summed E-state index contributed by atoms with van der Waals surface area (Å²) in [5.41, 5.74) is -5.82. The SMILES string of the molecule is C=C[C@@H]1C[C@@]1(C(=O)OCC)N(C(=O)OC(C)(C)C)C(=O)OC(C)(C)C.C=C[C@@H]1C[C@]1(CC(=O)OC(C)(C)C)C(=O)OCC.CC(C)(C)OC(=O)OC(=O)OC(C)(C)C. The third-order valence-corrected chi connectivity index (χ3v) is 7.37. The van der Waals surface area contributed by atoms with Crippen molar-refractivity contribution in [3.05, 3.63) is 25.3 Å². The lowest BCUT2D eigenvalue weighted by molar-refractivity contribution is -0.163. The molecule has 0 heterocycles. The molecule has 0 aliphatic heterocycles. The van der Waals surface area contributed by atoms with Crippen LogP contribution in [-0.2, 0) is 52.3 Å². The Hall–Kier alpha value is -4.63. The molecule has 2 amide bonds. The number of ether oxygens (including phenoxy) is 8. The van der Waals surface area contributed by atoms with Gasteiger partial charge >= 0.3 is 42.4 Å². The quantitative estimate of drug-likeness (QED) is 0.0923. The standard InChI is InChI=1S/C18H29NO6.C14H22O4.C10H18O5/c1-9-12-11-18(12,13(20)23-10-2)19(14(21)24-16(3,4)5)15(22)25-17(6,7)8;1-6-10-8-14(10,12(16)17-7-2)9-11(15)18-13(3,4)5;1-9(2,3)14-7(11)13-8(12)15-10(4,5)6/h9,12H,1,10-11H2,2-8H3;6,10H,1,7-9H2,2-5H3;1-6H3/t12-,18-;10-,14-;/m11./s1. The Morgan fingerprint density at radius 3 is 1.21 bits per heavy atom. The first-order valence-corrected chi connectivity index (χ1v) is 19.2. The van der Waals surface area contributed by atoms with E-state index in [1.54, 1.807) is 124 Å². The highest BCUT2D eigenvalue weighted by Crippen LogP contribution is 2.57. The van der Waals surface area contributed by atoms with Crippen LogP contribution in [0, 0.1) is 17.3 Å². The third-order valence-electron chi connectivity index (χ3n) is 7.37. The zero-order valence-corrected chi connectivity index (χ0v) is 37.8. The van der Waals surface area contributed by atoms with Crippen LogP contribution >= 0.6 is 0 Å². The van der Waals surface area contributed by atoms with Crippen LogP contribution < -0.4 is 0 Å². The van der Waals surface area contributed by atoms with Crippen molar-refractivity contribution >= 4 is 42.4 Å². The molecule has 2 rings (SSSR count). The normalized spacial score (nSPS) is 21.0. The van der Waals surface area contributed by atoms with Crippen LogP contribution in [-0.4, -0.2) is 94.1 Å². The molecule has 0 radical (unpaired) electrons. The fourth-order valence-electron chi connectivity index (χ4n) is 5.08. The number of nitrogens with zero attached hydrogens (tertiary/aromatic N) is 1. The summed E-state index contributed by atoms with van der Waals surface area (Å²) in [6, 6.07) is 0. The number of carbonyl (C=O) groups is 7. The predicted octanol–water partition coefficient (Wildman–Crippen LogP) is 9.01. The highest BCUT2D eigenvalue weighted by atomic mass is 16.8. The lowest BCUT2D eigenvalue weighted by Gasteiger charge is -2.33. The Morgan fingerprint density at radius 2 is 0.914 bits per heavy atom. The molecule has 58 heavy (non-hydrogen) atoms. The fourth-order valence-corrected chi connectivity index (χ4v) is 5.08. The summed E-state index contributed by atoms with van der Waals surface area (Å²) >= 11 is 0. The van der Waals surface area contributed by atoms with E-state index in [-0.39, 0.29) is 37.3 Å². The average molecular weight is 828 g/mol. The summed E-state index contributed by atoms with van der Waals surface area (Å²) in [5, 5.41) is 0. The number of esters is 3. The van der Waals surface area contributed by atoms with Gasteiger partial charge in [0.1, 0.15) is 28.0 Å². The van der Waals surface area contributed by atoms with Crippen LogP contribution in [0.2, 0.25) is 0 Å². The maximum absolute atomic E-state index is 12.7. The van der Waals surface area contributed by atoms with Crippen molar-refractivity contribution in [1.29, 1.82) is 0 Å². The molecule has 0 bridgehead atoms. The van der Waals surface area contributed by atoms with Crippen LogP contribution in [0.25, 0.3) is 0 Å². The van der Waals surface area contributed by atoms with Crippen LogP contribution in [0.5, 0.6) is 0 Å². The summed E-state index contributed by atoms with van der Waals surface area (Å²) in [7, 11) is 0. The predicted molar refractivity (Wildman–Crippen MR) is 213 cm³/mol. The van der Waals surface area contributed by atoms with Gasteiger partial charge in [0.15, 0.2) is 5.54 Å². The van der Waals surface area contributed by atoms with Gasteiger partial charge in [0, 0.05) is 5.92 Å². The highest BCUT2D eigenvalue weighted by Gasteiger charge is 2.69. The molecule has 2 fully saturated rings. The third kappa shape index (κ3) is 18.8. The summed E-state index contributed by atoms with van der Waals surface area (Å²) in [6.07, 6.45) is 0.147. The van der Waals surface area contributed by atoms with Gasteiger partial charge in [-0.05, 0) is 136 Å². The minimum Gasteiger partial charge on any atom is -0.466 e. The number of hydrogen-bond acceptors (Lipinski definition) is 15. The molecule has 0 N–H and O–H groups in total. The number of allylic oxidation sites excluding steroid dienone is 1. The molecule has 332 valence electrons. The topological polar surface area (TPSA) is 197 Å². The first kappa shape index (κ1) is 53.4. The number of imide groups is 1. The summed E-state index contributed by atoms with van der Waals surface area (Å²) < 4.78 is 39.8. The van der Waals surface area contributed by atoms with E-state index in [0.29, 0.717) is 13.0 Å². The van der Waals surface area contributed by atoms with Crippen LogP contribution in [0.3, 0.4) is 0 Å². The van der Waals surface area contributed by atoms with Gasteiger partial charge in [-0.25, -0.2) is 24.0 Å². The number of hydrogen-bond donors (Lipinski definition) is 0. The molecular weight excluding hydrogens is 758 g/mol. The van der Waals surface area contributed by atoms with E-state index in [2.05, 4.69) is 17.9 Å². The second-order valence-electron chi connectivity index (χ2n) is 18.7. The zero-order valence-electron chi connectivity index (χ0n) is 37.8. The molecule has 2 aliphatic carbocycles. The molecule has 0 aromatic carbocycles. The number of amides is 2. The Balaban J connectivity index is 0.000000874. The molecule has 2 aliphatic rings. The molecular formula is C42H69NO15. The van der Waals surface area contributed by atoms with Gasteiger partial charge in [0.05, 0.1) is 25.0 Å². The van der Waals surface area contributed by atoms with Crippen molar-refractivity contribution in [3.8, 4) is 0 Å². The van der Waals surface area contributed by atoms with Crippen molar-refractivity contribution in [1.82, 2.24) is 4.90 Å². The van der Waals surface area contributed by atoms with Crippen LogP contribution in [0.15, 0.2) is 25.3 Å². The molecule has 0 aromatic heterocycles. The summed E-state index contributed by atoms with van der Waals surface area (Å²) in [6.45, 7) is 36.7. The smallest absolute Gasteiger partial charge is 0.466 e. The van der Waals surface area contributed by atoms with Crippen molar-refractivity contribution < 1.29 is 71.5 Å². The Kier molecular flexibility index (Phi) is 18.7. The van der Waals surface area contributed by atoms with E-state index in [9.17, 15) is 33.6 Å². The Labute approximate surface area is 344 Å². The Bertz CT molecular complexity index is 1450. The minimum absolute atomic E-state index is 0.0177. The van der Waals surface area contributed by atoms with Crippen molar-refractivity contribution in [2.45, 2.75) is 171 Å². The zero-order chi connectivity index (χ0) is 45.9. The lowest BCUT2D eigenvalue weighted by atomic mass is 9.99. The van der Waals surface area contributed by atoms with Gasteiger partial charge in [-0.1, -0.05) is 12.2 Å². The molecule has 16 heteroatoms. The van der Waals surface area contributed by atoms with E-state index in [1.165, 1.54) is 6.08 Å². The average Bonchev–Trinajstić information content (AvgIpc) is 3.88. The van der Waals surface area contributed by atoms with Gasteiger partial charge < -0.3 is 37.9 Å². The summed E-state index contributed by atoms with van der Waals surface area (Å²) in [4.78, 5) is 84.5. The molecule has 0 aromatic rings. The second kappa shape index (κ2) is 20.4. The van der Waals surface area contributed by atoms with Gasteiger partial charge in [0.2, 0.25) is 0 Å². The van der Waals surface area contributed by atoms with Gasteiger partial charge in [0.25, 0.3) is 0 Å². The molecule has 0 unspecified atom stereocenters. The molecule has 4 atom stereocenters. The highest BCUT2D eigenvalue weighted by molar-refractivity contribution is 5.99. The monoisotopic (exact) mass is 827 g/mol. The molecule has 0 saturated heterocycles. The van der Waals surface area contributed by atoms with Crippen LogP contribution in [0.1, 0.15) is 137 Å². The second-order valence-corrected chi connectivity index (χ2v) is 18.7. The van der Waals surface area contributed by atoms with Crippen molar-refractivity contribution in [3.63, 3.8) is 0 Å². The van der Waals surface area contributed by atoms with Gasteiger partial charge in [-0.3, -0.25) is 9.59 Å². The maximum Gasteiger partial charge on any atom is 0.519 e. The van der Waals surface area contributed by atoms with Gasteiger partial charge in [-0.2, -0.15) is 4.90 Å². The fraction of sp³-hybridized carbons (Fsp3) is 0.738. The molecule has 0 spiro atoms.